The van der Waals surface area contributed by atoms with Crippen molar-refractivity contribution in [3.8, 4) is 0 Å². The van der Waals surface area contributed by atoms with Gasteiger partial charge in [-0.3, -0.25) is 14.8 Å². The third kappa shape index (κ3) is 5.66. The van der Waals surface area contributed by atoms with E-state index in [-0.39, 0.29) is 17.9 Å². The maximum absolute atomic E-state index is 13.1. The van der Waals surface area contributed by atoms with Crippen LogP contribution in [0, 0.1) is 12.8 Å². The Hall–Kier alpha value is -2.74. The van der Waals surface area contributed by atoms with E-state index in [9.17, 15) is 14.8 Å². The lowest BCUT2D eigenvalue weighted by atomic mass is 10.0. The van der Waals surface area contributed by atoms with Crippen molar-refractivity contribution >= 4 is 17.5 Å². The summed E-state index contributed by atoms with van der Waals surface area (Å²) in [5.41, 5.74) is 8.07. The minimum Gasteiger partial charge on any atom is -0.343 e. The first kappa shape index (κ1) is 22.0. The maximum Gasteiger partial charge on any atom is 0.273 e. The zero-order valence-corrected chi connectivity index (χ0v) is 17.3. The molecule has 160 valence electrons. The number of carbonyl (C=O) groups excluding carboxylic acids is 2. The molecule has 7 heteroatoms. The molecule has 3 rings (SSSR count). The highest BCUT2D eigenvalue weighted by Crippen LogP contribution is 2.18. The van der Waals surface area contributed by atoms with Gasteiger partial charge in [0.2, 0.25) is 5.91 Å². The highest BCUT2D eigenvalue weighted by molar-refractivity contribution is 5.98. The Kier molecular flexibility index (Phi) is 7.57. The Labute approximate surface area is 177 Å². The largest absolute Gasteiger partial charge is 0.343 e. The van der Waals surface area contributed by atoms with E-state index in [4.69, 9.17) is 5.73 Å². The van der Waals surface area contributed by atoms with E-state index < -0.39 is 11.9 Å². The first-order chi connectivity index (χ1) is 14.5. The molecular weight excluding hydrogens is 380 g/mol. The topological polar surface area (TPSA) is 108 Å². The number of hydrogen-bond donors (Lipinski definition) is 4. The van der Waals surface area contributed by atoms with Gasteiger partial charge in [-0.2, -0.15) is 5.06 Å². The summed E-state index contributed by atoms with van der Waals surface area (Å²) >= 11 is 0. The minimum atomic E-state index is -0.845. The molecule has 0 unspecified atom stereocenters. The normalized spacial score (nSPS) is 19.3. The number of rotatable bonds is 8. The Morgan fingerprint density at radius 1 is 1.23 bits per heavy atom. The monoisotopic (exact) mass is 410 g/mol. The summed E-state index contributed by atoms with van der Waals surface area (Å²) in [4.78, 5) is 25.8. The molecule has 2 aromatic rings. The predicted octanol–water partition coefficient (Wildman–Crippen LogP) is 1.77. The number of amides is 2. The van der Waals surface area contributed by atoms with Crippen molar-refractivity contribution in [3.63, 3.8) is 0 Å². The Morgan fingerprint density at radius 2 is 2.00 bits per heavy atom. The van der Waals surface area contributed by atoms with Crippen LogP contribution in [0.1, 0.15) is 24.0 Å². The lowest BCUT2D eigenvalue weighted by Gasteiger charge is -2.24. The molecule has 1 heterocycles. The number of anilines is 1. The molecule has 30 heavy (non-hydrogen) atoms. The molecule has 1 saturated heterocycles. The molecule has 2 aromatic carbocycles. The van der Waals surface area contributed by atoms with E-state index >= 15 is 0 Å². The van der Waals surface area contributed by atoms with Crippen LogP contribution in [0.15, 0.2) is 54.6 Å². The highest BCUT2D eigenvalue weighted by atomic mass is 16.5. The molecule has 2 amide bonds. The first-order valence-electron chi connectivity index (χ1n) is 10.3. The molecule has 0 bridgehead atoms. The molecule has 1 aliphatic rings. The molecule has 7 nitrogen and oxygen atoms in total. The van der Waals surface area contributed by atoms with E-state index in [2.05, 4.69) is 10.6 Å². The van der Waals surface area contributed by atoms with Crippen molar-refractivity contribution in [3.05, 3.63) is 65.7 Å². The maximum atomic E-state index is 13.1. The molecular formula is C23H30N4O3. The fourth-order valence-electron chi connectivity index (χ4n) is 3.71. The van der Waals surface area contributed by atoms with Gasteiger partial charge in [0.1, 0.15) is 6.04 Å². The summed E-state index contributed by atoms with van der Waals surface area (Å²) in [6.45, 7) is 3.09. The van der Waals surface area contributed by atoms with Crippen molar-refractivity contribution in [2.75, 3.05) is 18.2 Å². The molecule has 5 N–H and O–H groups in total. The molecule has 1 fully saturated rings. The highest BCUT2D eigenvalue weighted by Gasteiger charge is 2.32. The van der Waals surface area contributed by atoms with Crippen LogP contribution < -0.4 is 21.4 Å². The summed E-state index contributed by atoms with van der Waals surface area (Å²) in [6.07, 6.45) is 1.62. The standard InChI is InChI=1S/C23H30N4O3/c1-16-6-5-9-19(12-16)27(30)23(29)20(11-10-17-7-3-2-4-8-17)26-22(28)21-13-18(14-24)15-25-21/h2-9,12,18,20-21,25,30H,10-11,13-15,24H2,1H3,(H,26,28)/t18-,20-,21+/m1/s1. The number of nitrogens with one attached hydrogen (secondary N) is 2. The van der Waals surface area contributed by atoms with Crippen molar-refractivity contribution in [1.82, 2.24) is 10.6 Å². The minimum absolute atomic E-state index is 0.241. The lowest BCUT2D eigenvalue weighted by Crippen LogP contribution is -2.52. The number of aryl methyl sites for hydroxylation is 2. The molecule has 0 aromatic heterocycles. The number of carbonyl (C=O) groups is 2. The zero-order valence-electron chi connectivity index (χ0n) is 17.3. The summed E-state index contributed by atoms with van der Waals surface area (Å²) in [5.74, 6) is -0.547. The van der Waals surface area contributed by atoms with Crippen LogP contribution in [0.5, 0.6) is 0 Å². The quantitative estimate of drug-likeness (QED) is 0.392. The lowest BCUT2D eigenvalue weighted by molar-refractivity contribution is -0.131. The number of hydroxylamine groups is 1. The number of nitrogens with zero attached hydrogens (tertiary/aromatic N) is 1. The van der Waals surface area contributed by atoms with E-state index in [0.717, 1.165) is 11.1 Å². The van der Waals surface area contributed by atoms with Crippen molar-refractivity contribution in [2.45, 2.75) is 38.3 Å². The molecule has 0 radical (unpaired) electrons. The van der Waals surface area contributed by atoms with Gasteiger partial charge >= 0.3 is 0 Å². The first-order valence-corrected chi connectivity index (χ1v) is 10.3. The molecule has 0 aliphatic carbocycles. The van der Waals surface area contributed by atoms with E-state index in [0.29, 0.717) is 43.1 Å². The van der Waals surface area contributed by atoms with Crippen LogP contribution in [-0.2, 0) is 16.0 Å². The summed E-state index contributed by atoms with van der Waals surface area (Å²) in [6, 6.07) is 15.6. The van der Waals surface area contributed by atoms with Crippen LogP contribution in [0.2, 0.25) is 0 Å². The Balaban J connectivity index is 1.72. The van der Waals surface area contributed by atoms with Crippen molar-refractivity contribution in [2.24, 2.45) is 11.7 Å². The fraction of sp³-hybridized carbons (Fsp3) is 0.391. The second kappa shape index (κ2) is 10.3. The second-order valence-electron chi connectivity index (χ2n) is 7.87. The fourth-order valence-corrected chi connectivity index (χ4v) is 3.71. The van der Waals surface area contributed by atoms with Gasteiger partial charge < -0.3 is 16.4 Å². The van der Waals surface area contributed by atoms with Gasteiger partial charge in [0.15, 0.2) is 0 Å². The van der Waals surface area contributed by atoms with E-state index in [1.54, 1.807) is 18.2 Å². The van der Waals surface area contributed by atoms with Gasteiger partial charge in [-0.05, 0) is 68.5 Å². The van der Waals surface area contributed by atoms with Crippen LogP contribution >= 0.6 is 0 Å². The molecule has 1 aliphatic heterocycles. The Morgan fingerprint density at radius 3 is 2.67 bits per heavy atom. The van der Waals surface area contributed by atoms with Crippen molar-refractivity contribution < 1.29 is 14.8 Å². The van der Waals surface area contributed by atoms with Crippen molar-refractivity contribution in [1.29, 1.82) is 0 Å². The second-order valence-corrected chi connectivity index (χ2v) is 7.87. The van der Waals surface area contributed by atoms with Gasteiger partial charge in [-0.25, -0.2) is 0 Å². The van der Waals surface area contributed by atoms with Crippen LogP contribution in [-0.4, -0.2) is 42.2 Å². The third-order valence-electron chi connectivity index (χ3n) is 5.51. The SMILES string of the molecule is Cc1cccc(N(O)C(=O)[C@@H](CCc2ccccc2)NC(=O)[C@@H]2C[C@H](CN)CN2)c1. The number of benzene rings is 2. The van der Waals surface area contributed by atoms with E-state index in [1.165, 1.54) is 0 Å². The average molecular weight is 411 g/mol. The van der Waals surface area contributed by atoms with Gasteiger partial charge in [0.25, 0.3) is 5.91 Å². The molecule has 0 saturated carbocycles. The molecule has 3 atom stereocenters. The van der Waals surface area contributed by atoms with Crippen LogP contribution in [0.3, 0.4) is 0 Å². The predicted molar refractivity (Wildman–Crippen MR) is 116 cm³/mol. The van der Waals surface area contributed by atoms with Crippen LogP contribution in [0.4, 0.5) is 5.69 Å². The van der Waals surface area contributed by atoms with Gasteiger partial charge in [0, 0.05) is 0 Å². The smallest absolute Gasteiger partial charge is 0.273 e. The number of hydrogen-bond acceptors (Lipinski definition) is 5. The summed E-state index contributed by atoms with van der Waals surface area (Å²) in [5, 5.41) is 17.2. The average Bonchev–Trinajstić information content (AvgIpc) is 3.26. The number of nitrogens with two attached hydrogens (primary N) is 1. The van der Waals surface area contributed by atoms with Crippen LogP contribution in [0.25, 0.3) is 0 Å². The van der Waals surface area contributed by atoms with Gasteiger partial charge in [-0.15, -0.1) is 0 Å². The summed E-state index contributed by atoms with van der Waals surface area (Å²) < 4.78 is 0. The Bertz CT molecular complexity index is 859. The molecule has 0 spiro atoms. The summed E-state index contributed by atoms with van der Waals surface area (Å²) in [7, 11) is 0. The van der Waals surface area contributed by atoms with E-state index in [1.807, 2.05) is 43.3 Å². The third-order valence-corrected chi connectivity index (χ3v) is 5.51. The van der Waals surface area contributed by atoms with Gasteiger partial charge in [-0.1, -0.05) is 42.5 Å². The zero-order chi connectivity index (χ0) is 21.5. The van der Waals surface area contributed by atoms with Gasteiger partial charge in [0.05, 0.1) is 11.7 Å².